The first-order chi connectivity index (χ1) is 12.8. The standard InChI is InChI=1S/C19H23F3N2O3/c20-19(21,22)27-12-4-1-3-11(7-12)18(26)23-8-13-14-9-24(10-15(13)14)16-5-2-6-17(16)25/h1,3-4,7,13-17,25H,2,5-6,8-10H2,(H,23,26). The van der Waals surface area contributed by atoms with E-state index in [1.807, 2.05) is 0 Å². The number of hydrogen-bond acceptors (Lipinski definition) is 4. The Bertz CT molecular complexity index is 700. The Morgan fingerprint density at radius 1 is 1.26 bits per heavy atom. The summed E-state index contributed by atoms with van der Waals surface area (Å²) in [6.45, 7) is 2.45. The van der Waals surface area contributed by atoms with Gasteiger partial charge in [-0.15, -0.1) is 13.2 Å². The Hall–Kier alpha value is -1.80. The minimum absolute atomic E-state index is 0.151. The summed E-state index contributed by atoms with van der Waals surface area (Å²) in [5, 5.41) is 12.9. The molecular formula is C19H23F3N2O3. The average Bonchev–Trinajstić information content (AvgIpc) is 2.95. The molecule has 4 unspecified atom stereocenters. The van der Waals surface area contributed by atoms with Crippen molar-refractivity contribution >= 4 is 5.91 Å². The summed E-state index contributed by atoms with van der Waals surface area (Å²) in [6, 6.07) is 5.38. The van der Waals surface area contributed by atoms with Gasteiger partial charge in [-0.05, 0) is 55.2 Å². The summed E-state index contributed by atoms with van der Waals surface area (Å²) in [4.78, 5) is 14.6. The maximum absolute atomic E-state index is 12.3. The van der Waals surface area contributed by atoms with Crippen LogP contribution < -0.4 is 10.1 Å². The van der Waals surface area contributed by atoms with Gasteiger partial charge in [-0.25, -0.2) is 0 Å². The van der Waals surface area contributed by atoms with Crippen LogP contribution in [0.15, 0.2) is 24.3 Å². The smallest absolute Gasteiger partial charge is 0.406 e. The second-order valence-corrected chi connectivity index (χ2v) is 7.80. The molecule has 0 aromatic heterocycles. The number of carbonyl (C=O) groups is 1. The summed E-state index contributed by atoms with van der Waals surface area (Å²) in [5.74, 6) is 0.703. The Morgan fingerprint density at radius 3 is 2.63 bits per heavy atom. The highest BCUT2D eigenvalue weighted by Gasteiger charge is 2.56. The highest BCUT2D eigenvalue weighted by atomic mass is 19.4. The number of hydrogen-bond donors (Lipinski definition) is 2. The van der Waals surface area contributed by atoms with Crippen LogP contribution in [0.1, 0.15) is 29.6 Å². The van der Waals surface area contributed by atoms with Gasteiger partial charge in [0.15, 0.2) is 0 Å². The Balaban J connectivity index is 1.25. The van der Waals surface area contributed by atoms with E-state index in [1.165, 1.54) is 18.2 Å². The molecule has 1 amide bonds. The Morgan fingerprint density at radius 2 is 2.00 bits per heavy atom. The molecular weight excluding hydrogens is 361 g/mol. The third-order valence-corrected chi connectivity index (χ3v) is 6.14. The number of piperidine rings is 1. The quantitative estimate of drug-likeness (QED) is 0.819. The number of aliphatic hydroxyl groups is 1. The normalized spacial score (nSPS) is 33.0. The first-order valence-electron chi connectivity index (χ1n) is 9.38. The summed E-state index contributed by atoms with van der Waals surface area (Å²) < 4.78 is 40.7. The third kappa shape index (κ3) is 4.06. The van der Waals surface area contributed by atoms with Gasteiger partial charge in [0.1, 0.15) is 5.75 Å². The fraction of sp³-hybridized carbons (Fsp3) is 0.632. The molecule has 3 aliphatic rings. The van der Waals surface area contributed by atoms with Crippen LogP contribution in [0.3, 0.4) is 0 Å². The topological polar surface area (TPSA) is 61.8 Å². The summed E-state index contributed by atoms with van der Waals surface area (Å²) in [6.07, 6.45) is -1.98. The maximum Gasteiger partial charge on any atom is 0.573 e. The van der Waals surface area contributed by atoms with E-state index in [9.17, 15) is 23.1 Å². The lowest BCUT2D eigenvalue weighted by atomic mass is 10.1. The lowest BCUT2D eigenvalue weighted by Gasteiger charge is -2.28. The molecule has 2 N–H and O–H groups in total. The van der Waals surface area contributed by atoms with Gasteiger partial charge in [-0.3, -0.25) is 9.69 Å². The molecule has 1 aromatic carbocycles. The highest BCUT2D eigenvalue weighted by Crippen LogP contribution is 2.52. The van der Waals surface area contributed by atoms with Gasteiger partial charge in [0.25, 0.3) is 5.91 Å². The molecule has 0 bridgehead atoms. The van der Waals surface area contributed by atoms with Crippen LogP contribution in [0.5, 0.6) is 5.75 Å². The Labute approximate surface area is 155 Å². The molecule has 1 aliphatic heterocycles. The van der Waals surface area contributed by atoms with E-state index in [0.717, 1.165) is 38.4 Å². The van der Waals surface area contributed by atoms with Crippen LogP contribution in [0.2, 0.25) is 0 Å². The minimum Gasteiger partial charge on any atom is -0.406 e. The number of amides is 1. The van der Waals surface area contributed by atoms with Crippen molar-refractivity contribution in [2.45, 2.75) is 37.8 Å². The zero-order valence-electron chi connectivity index (χ0n) is 14.8. The van der Waals surface area contributed by atoms with Crippen LogP contribution in [-0.2, 0) is 0 Å². The van der Waals surface area contributed by atoms with Crippen molar-refractivity contribution in [2.24, 2.45) is 17.8 Å². The summed E-state index contributed by atoms with van der Waals surface area (Å²) in [7, 11) is 0. The highest BCUT2D eigenvalue weighted by molar-refractivity contribution is 5.94. The van der Waals surface area contributed by atoms with Crippen LogP contribution >= 0.6 is 0 Å². The van der Waals surface area contributed by atoms with Gasteiger partial charge >= 0.3 is 6.36 Å². The van der Waals surface area contributed by atoms with Gasteiger partial charge in [0.2, 0.25) is 0 Å². The molecule has 3 fully saturated rings. The molecule has 5 nitrogen and oxygen atoms in total. The van der Waals surface area contributed by atoms with Crippen LogP contribution in [0.25, 0.3) is 0 Å². The maximum atomic E-state index is 12.3. The van der Waals surface area contributed by atoms with Crippen LogP contribution in [-0.4, -0.2) is 54.1 Å². The van der Waals surface area contributed by atoms with Crippen molar-refractivity contribution in [1.29, 1.82) is 0 Å². The van der Waals surface area contributed by atoms with E-state index < -0.39 is 18.0 Å². The van der Waals surface area contributed by atoms with Crippen molar-refractivity contribution in [1.82, 2.24) is 10.2 Å². The number of nitrogens with one attached hydrogen (secondary N) is 1. The fourth-order valence-corrected chi connectivity index (χ4v) is 4.75. The molecule has 2 saturated carbocycles. The van der Waals surface area contributed by atoms with E-state index in [1.54, 1.807) is 0 Å². The minimum atomic E-state index is -4.78. The lowest BCUT2D eigenvalue weighted by Crippen LogP contribution is -2.41. The monoisotopic (exact) mass is 384 g/mol. The first kappa shape index (κ1) is 18.6. The van der Waals surface area contributed by atoms with Crippen LogP contribution in [0.4, 0.5) is 13.2 Å². The number of benzene rings is 1. The average molecular weight is 384 g/mol. The van der Waals surface area contributed by atoms with Crippen LogP contribution in [0, 0.1) is 17.8 Å². The second kappa shape index (κ2) is 6.98. The number of rotatable bonds is 5. The third-order valence-electron chi connectivity index (χ3n) is 6.14. The van der Waals surface area contributed by atoms with Gasteiger partial charge in [-0.1, -0.05) is 6.07 Å². The molecule has 27 heavy (non-hydrogen) atoms. The molecule has 148 valence electrons. The number of aliphatic hydroxyl groups excluding tert-OH is 1. The second-order valence-electron chi connectivity index (χ2n) is 7.80. The first-order valence-corrected chi connectivity index (χ1v) is 9.38. The SMILES string of the molecule is O=C(NCC1C2CN(C3CCCC3O)CC12)c1cccc(OC(F)(F)F)c1. The molecule has 0 radical (unpaired) electrons. The fourth-order valence-electron chi connectivity index (χ4n) is 4.75. The lowest BCUT2D eigenvalue weighted by molar-refractivity contribution is -0.274. The number of carbonyl (C=O) groups excluding carboxylic acids is 1. The largest absolute Gasteiger partial charge is 0.573 e. The van der Waals surface area contributed by atoms with Gasteiger partial charge < -0.3 is 15.2 Å². The number of nitrogens with zero attached hydrogens (tertiary/aromatic N) is 1. The van der Waals surface area contributed by atoms with Crippen molar-refractivity contribution in [2.75, 3.05) is 19.6 Å². The Kier molecular flexibility index (Phi) is 4.80. The summed E-state index contributed by atoms with van der Waals surface area (Å²) >= 11 is 0. The zero-order chi connectivity index (χ0) is 19.2. The van der Waals surface area contributed by atoms with E-state index in [-0.39, 0.29) is 17.7 Å². The predicted octanol–water partition coefficient (Wildman–Crippen LogP) is 2.41. The predicted molar refractivity (Wildman–Crippen MR) is 91.1 cm³/mol. The van der Waals surface area contributed by atoms with Crippen molar-refractivity contribution in [3.05, 3.63) is 29.8 Å². The molecule has 1 aromatic rings. The van der Waals surface area contributed by atoms with E-state index in [0.29, 0.717) is 24.3 Å². The summed E-state index contributed by atoms with van der Waals surface area (Å²) in [5.41, 5.74) is 0.151. The van der Waals surface area contributed by atoms with Gasteiger partial charge in [0.05, 0.1) is 6.10 Å². The van der Waals surface area contributed by atoms with Crippen molar-refractivity contribution < 1.29 is 27.8 Å². The number of halogens is 3. The molecule has 1 saturated heterocycles. The number of ether oxygens (including phenoxy) is 1. The van der Waals surface area contributed by atoms with E-state index >= 15 is 0 Å². The number of alkyl halides is 3. The van der Waals surface area contributed by atoms with E-state index in [4.69, 9.17) is 0 Å². The van der Waals surface area contributed by atoms with Gasteiger partial charge in [-0.2, -0.15) is 0 Å². The van der Waals surface area contributed by atoms with E-state index in [2.05, 4.69) is 15.0 Å². The van der Waals surface area contributed by atoms with Gasteiger partial charge in [0, 0.05) is 31.2 Å². The van der Waals surface area contributed by atoms with Crippen molar-refractivity contribution in [3.8, 4) is 5.75 Å². The molecule has 0 spiro atoms. The van der Waals surface area contributed by atoms with Crippen molar-refractivity contribution in [3.63, 3.8) is 0 Å². The number of fused-ring (bicyclic) bond motifs is 1. The molecule has 1 heterocycles. The number of likely N-dealkylation sites (tertiary alicyclic amines) is 1. The molecule has 8 heteroatoms. The molecule has 4 rings (SSSR count). The molecule has 2 aliphatic carbocycles. The zero-order valence-corrected chi connectivity index (χ0v) is 14.8. The molecule has 4 atom stereocenters.